The summed E-state index contributed by atoms with van der Waals surface area (Å²) in [6, 6.07) is 13.7. The van der Waals surface area contributed by atoms with Crippen molar-refractivity contribution in [1.29, 1.82) is 0 Å². The highest BCUT2D eigenvalue weighted by atomic mass is 32.1. The number of rotatable bonds is 8. The Balaban J connectivity index is 1.80. The van der Waals surface area contributed by atoms with Crippen LogP contribution >= 0.6 is 11.3 Å². The van der Waals surface area contributed by atoms with Gasteiger partial charge in [-0.3, -0.25) is 4.79 Å². The van der Waals surface area contributed by atoms with E-state index in [1.165, 1.54) is 11.3 Å². The van der Waals surface area contributed by atoms with E-state index in [9.17, 15) is 9.59 Å². The maximum atomic E-state index is 12.7. The molecular formula is C25H27NO4S. The van der Waals surface area contributed by atoms with Crippen molar-refractivity contribution in [3.05, 3.63) is 70.1 Å². The van der Waals surface area contributed by atoms with Crippen molar-refractivity contribution in [2.45, 2.75) is 33.6 Å². The molecule has 2 aromatic carbocycles. The minimum atomic E-state index is -0.427. The smallest absolute Gasteiger partial charge is 0.341 e. The van der Waals surface area contributed by atoms with Gasteiger partial charge in [-0.25, -0.2) is 4.79 Å². The van der Waals surface area contributed by atoms with Gasteiger partial charge in [-0.2, -0.15) is 0 Å². The topological polar surface area (TPSA) is 64.6 Å². The number of anilines is 1. The van der Waals surface area contributed by atoms with Crippen LogP contribution in [0.1, 0.15) is 40.4 Å². The number of ether oxygens (including phenoxy) is 2. The van der Waals surface area contributed by atoms with E-state index in [4.69, 9.17) is 9.47 Å². The SMILES string of the molecule is CCOC(=O)c1c(-c2ccc(C)cc2C)csc1NC(=O)CCc1ccc(OC)cc1. The van der Waals surface area contributed by atoms with Gasteiger partial charge >= 0.3 is 5.97 Å². The third-order valence-electron chi connectivity index (χ3n) is 5.00. The monoisotopic (exact) mass is 437 g/mol. The second-order valence-corrected chi connectivity index (χ2v) is 8.17. The van der Waals surface area contributed by atoms with Gasteiger partial charge in [0.25, 0.3) is 0 Å². The van der Waals surface area contributed by atoms with Crippen molar-refractivity contribution >= 4 is 28.2 Å². The molecule has 0 fully saturated rings. The van der Waals surface area contributed by atoms with E-state index in [1.54, 1.807) is 14.0 Å². The number of hydrogen-bond acceptors (Lipinski definition) is 5. The van der Waals surface area contributed by atoms with Gasteiger partial charge in [0.2, 0.25) is 5.91 Å². The molecular weight excluding hydrogens is 410 g/mol. The highest BCUT2D eigenvalue weighted by Crippen LogP contribution is 2.38. The lowest BCUT2D eigenvalue weighted by atomic mass is 9.97. The molecule has 3 rings (SSSR count). The van der Waals surface area contributed by atoms with Crippen LogP contribution in [0.3, 0.4) is 0 Å². The Hall–Kier alpha value is -3.12. The summed E-state index contributed by atoms with van der Waals surface area (Å²) in [4.78, 5) is 25.4. The highest BCUT2D eigenvalue weighted by molar-refractivity contribution is 7.15. The Bertz CT molecular complexity index is 1070. The zero-order chi connectivity index (χ0) is 22.4. The van der Waals surface area contributed by atoms with Crippen LogP contribution in [-0.2, 0) is 16.0 Å². The van der Waals surface area contributed by atoms with Crippen LogP contribution in [0.15, 0.2) is 47.8 Å². The molecule has 1 N–H and O–H groups in total. The zero-order valence-corrected chi connectivity index (χ0v) is 19.1. The fraction of sp³-hybridized carbons (Fsp3) is 0.280. The fourth-order valence-electron chi connectivity index (χ4n) is 3.41. The summed E-state index contributed by atoms with van der Waals surface area (Å²) in [7, 11) is 1.62. The normalized spacial score (nSPS) is 10.6. The van der Waals surface area contributed by atoms with Crippen LogP contribution in [0.25, 0.3) is 11.1 Å². The van der Waals surface area contributed by atoms with Gasteiger partial charge < -0.3 is 14.8 Å². The summed E-state index contributed by atoms with van der Waals surface area (Å²) in [5.41, 5.74) is 5.43. The highest BCUT2D eigenvalue weighted by Gasteiger charge is 2.23. The number of aryl methyl sites for hydroxylation is 3. The average Bonchev–Trinajstić information content (AvgIpc) is 3.16. The molecule has 0 bridgehead atoms. The quantitative estimate of drug-likeness (QED) is 0.453. The molecule has 1 amide bonds. The molecule has 1 aromatic heterocycles. The van der Waals surface area contributed by atoms with Crippen LogP contribution in [0.2, 0.25) is 0 Å². The number of methoxy groups -OCH3 is 1. The first-order chi connectivity index (χ1) is 14.9. The van der Waals surface area contributed by atoms with Crippen molar-refractivity contribution in [2.75, 3.05) is 19.0 Å². The lowest BCUT2D eigenvalue weighted by molar-refractivity contribution is -0.116. The average molecular weight is 438 g/mol. The van der Waals surface area contributed by atoms with Gasteiger partial charge in [0.15, 0.2) is 0 Å². The first-order valence-electron chi connectivity index (χ1n) is 10.2. The lowest BCUT2D eigenvalue weighted by Gasteiger charge is -2.11. The van der Waals surface area contributed by atoms with E-state index >= 15 is 0 Å². The second-order valence-electron chi connectivity index (χ2n) is 7.29. The van der Waals surface area contributed by atoms with Crippen molar-refractivity contribution in [3.63, 3.8) is 0 Å². The Morgan fingerprint density at radius 1 is 1.03 bits per heavy atom. The second kappa shape index (κ2) is 10.3. The van der Waals surface area contributed by atoms with Crippen LogP contribution < -0.4 is 10.1 Å². The van der Waals surface area contributed by atoms with Gasteiger partial charge in [0.1, 0.15) is 16.3 Å². The van der Waals surface area contributed by atoms with Gasteiger partial charge in [0.05, 0.1) is 13.7 Å². The molecule has 0 saturated heterocycles. The fourth-order valence-corrected chi connectivity index (χ4v) is 4.37. The summed E-state index contributed by atoms with van der Waals surface area (Å²) in [5, 5.41) is 5.34. The zero-order valence-electron chi connectivity index (χ0n) is 18.3. The minimum Gasteiger partial charge on any atom is -0.497 e. The Labute approximate surface area is 187 Å². The number of amides is 1. The van der Waals surface area contributed by atoms with Crippen molar-refractivity contribution in [3.8, 4) is 16.9 Å². The van der Waals surface area contributed by atoms with Crippen LogP contribution in [-0.4, -0.2) is 25.6 Å². The molecule has 0 atom stereocenters. The van der Waals surface area contributed by atoms with Crippen LogP contribution in [0, 0.1) is 13.8 Å². The molecule has 31 heavy (non-hydrogen) atoms. The Morgan fingerprint density at radius 2 is 1.77 bits per heavy atom. The molecule has 1 heterocycles. The molecule has 0 saturated carbocycles. The maximum absolute atomic E-state index is 12.7. The predicted molar refractivity (Wildman–Crippen MR) is 125 cm³/mol. The summed E-state index contributed by atoms with van der Waals surface area (Å²) < 4.78 is 10.5. The van der Waals surface area contributed by atoms with E-state index in [2.05, 4.69) is 11.4 Å². The molecule has 0 aliphatic carbocycles. The Morgan fingerprint density at radius 3 is 2.42 bits per heavy atom. The van der Waals surface area contributed by atoms with E-state index in [0.717, 1.165) is 33.6 Å². The molecule has 0 spiro atoms. The number of hydrogen-bond donors (Lipinski definition) is 1. The number of carbonyl (C=O) groups excluding carboxylic acids is 2. The first-order valence-corrected chi connectivity index (χ1v) is 11.1. The summed E-state index contributed by atoms with van der Waals surface area (Å²) in [6.07, 6.45) is 0.908. The minimum absolute atomic E-state index is 0.143. The third-order valence-corrected chi connectivity index (χ3v) is 5.89. The number of esters is 1. The molecule has 5 nitrogen and oxygen atoms in total. The summed E-state index contributed by atoms with van der Waals surface area (Å²) >= 11 is 1.34. The number of carbonyl (C=O) groups is 2. The van der Waals surface area contributed by atoms with Crippen molar-refractivity contribution in [2.24, 2.45) is 0 Å². The molecule has 162 valence electrons. The third kappa shape index (κ3) is 5.52. The molecule has 0 radical (unpaired) electrons. The maximum Gasteiger partial charge on any atom is 0.341 e. The van der Waals surface area contributed by atoms with E-state index in [0.29, 0.717) is 23.4 Å². The number of thiophene rings is 1. The van der Waals surface area contributed by atoms with Crippen LogP contribution in [0.5, 0.6) is 5.75 Å². The van der Waals surface area contributed by atoms with Gasteiger partial charge in [0, 0.05) is 17.4 Å². The van der Waals surface area contributed by atoms with E-state index in [1.807, 2.05) is 55.6 Å². The molecule has 6 heteroatoms. The standard InChI is InChI=1S/C25H27NO4S/c1-5-30-25(28)23-21(20-12-6-16(2)14-17(20)3)15-31-24(23)26-22(27)13-9-18-7-10-19(29-4)11-8-18/h6-8,10-12,14-15H,5,9,13H2,1-4H3,(H,26,27). The van der Waals surface area contributed by atoms with Crippen LogP contribution in [0.4, 0.5) is 5.00 Å². The van der Waals surface area contributed by atoms with E-state index < -0.39 is 5.97 Å². The van der Waals surface area contributed by atoms with Gasteiger partial charge in [-0.05, 0) is 56.0 Å². The largest absolute Gasteiger partial charge is 0.497 e. The summed E-state index contributed by atoms with van der Waals surface area (Å²) in [6.45, 7) is 6.09. The van der Waals surface area contributed by atoms with E-state index in [-0.39, 0.29) is 12.5 Å². The van der Waals surface area contributed by atoms with Gasteiger partial charge in [-0.15, -0.1) is 11.3 Å². The molecule has 0 aliphatic rings. The lowest BCUT2D eigenvalue weighted by Crippen LogP contribution is -2.15. The molecule has 3 aromatic rings. The first kappa shape index (κ1) is 22.6. The molecule has 0 unspecified atom stereocenters. The predicted octanol–water partition coefficient (Wildman–Crippen LogP) is 5.79. The van der Waals surface area contributed by atoms with Crippen molar-refractivity contribution < 1.29 is 19.1 Å². The van der Waals surface area contributed by atoms with Gasteiger partial charge in [-0.1, -0.05) is 35.9 Å². The molecule has 0 aliphatic heterocycles. The Kier molecular flexibility index (Phi) is 7.47. The number of benzene rings is 2. The van der Waals surface area contributed by atoms with Crippen molar-refractivity contribution in [1.82, 2.24) is 0 Å². The number of nitrogens with one attached hydrogen (secondary N) is 1. The summed E-state index contributed by atoms with van der Waals surface area (Å²) in [5.74, 6) is 0.212.